The molecule has 4 nitrogen and oxygen atoms in total. The first-order valence-electron chi connectivity index (χ1n) is 7.86. The smallest absolute Gasteiger partial charge is 0.237 e. The molecule has 3 fully saturated rings. The fourth-order valence-corrected chi connectivity index (χ4v) is 3.87. The quantitative estimate of drug-likeness (QED) is 0.794. The first-order valence-corrected chi connectivity index (χ1v) is 7.86. The third kappa shape index (κ3) is 2.95. The molecule has 3 N–H and O–H groups in total. The number of primary amides is 1. The summed E-state index contributed by atoms with van der Waals surface area (Å²) in [6, 6.07) is 0. The van der Waals surface area contributed by atoms with Crippen LogP contribution < -0.4 is 11.1 Å². The molecule has 0 spiro atoms. The van der Waals surface area contributed by atoms with Crippen molar-refractivity contribution in [2.45, 2.75) is 63.0 Å². The minimum absolute atomic E-state index is 0.157. The highest BCUT2D eigenvalue weighted by Crippen LogP contribution is 2.46. The van der Waals surface area contributed by atoms with Gasteiger partial charge in [0.05, 0.1) is 11.6 Å². The van der Waals surface area contributed by atoms with E-state index in [1.54, 1.807) is 0 Å². The van der Waals surface area contributed by atoms with Crippen LogP contribution in [0.25, 0.3) is 0 Å². The number of carbonyl (C=O) groups excluding carboxylic acids is 1. The van der Waals surface area contributed by atoms with Gasteiger partial charge in [0.1, 0.15) is 0 Å². The predicted molar refractivity (Wildman–Crippen MR) is 73.6 cm³/mol. The first kappa shape index (κ1) is 13.4. The Morgan fingerprint density at radius 3 is 2.68 bits per heavy atom. The zero-order valence-electron chi connectivity index (χ0n) is 11.7. The molecule has 1 heterocycles. The summed E-state index contributed by atoms with van der Waals surface area (Å²) in [5.74, 6) is 1.41. The largest absolute Gasteiger partial charge is 0.377 e. The van der Waals surface area contributed by atoms with Crippen LogP contribution in [0.1, 0.15) is 51.4 Å². The van der Waals surface area contributed by atoms with Gasteiger partial charge in [0, 0.05) is 13.2 Å². The van der Waals surface area contributed by atoms with Crippen LogP contribution in [0.4, 0.5) is 0 Å². The number of hydrogen-bond donors (Lipinski definition) is 2. The van der Waals surface area contributed by atoms with Crippen molar-refractivity contribution in [3.05, 3.63) is 0 Å². The molecule has 19 heavy (non-hydrogen) atoms. The third-order valence-electron chi connectivity index (χ3n) is 5.24. The molecule has 3 rings (SSSR count). The normalized spacial score (nSPS) is 39.4. The van der Waals surface area contributed by atoms with E-state index in [-0.39, 0.29) is 12.0 Å². The first-order chi connectivity index (χ1) is 9.20. The molecular weight excluding hydrogens is 240 g/mol. The molecule has 2 aliphatic carbocycles. The van der Waals surface area contributed by atoms with Gasteiger partial charge < -0.3 is 15.8 Å². The Bertz CT molecular complexity index is 337. The molecule has 108 valence electrons. The van der Waals surface area contributed by atoms with Crippen molar-refractivity contribution in [3.63, 3.8) is 0 Å². The van der Waals surface area contributed by atoms with Crippen LogP contribution in [0.2, 0.25) is 0 Å². The number of ether oxygens (including phenoxy) is 1. The second-order valence-corrected chi connectivity index (χ2v) is 6.66. The van der Waals surface area contributed by atoms with Crippen molar-refractivity contribution >= 4 is 5.91 Å². The zero-order chi connectivity index (χ0) is 13.3. The number of carbonyl (C=O) groups is 1. The summed E-state index contributed by atoms with van der Waals surface area (Å²) in [7, 11) is 0. The van der Waals surface area contributed by atoms with E-state index in [1.165, 1.54) is 19.3 Å². The molecule has 0 aromatic heterocycles. The van der Waals surface area contributed by atoms with Crippen molar-refractivity contribution in [3.8, 4) is 0 Å². The topological polar surface area (TPSA) is 64.4 Å². The SMILES string of the molecule is NC(=O)C1(NCC2CCCO2)CCCC(C2CC2)C1. The van der Waals surface area contributed by atoms with Crippen LogP contribution in [0.3, 0.4) is 0 Å². The lowest BCUT2D eigenvalue weighted by molar-refractivity contribution is -0.126. The second kappa shape index (κ2) is 5.41. The Morgan fingerprint density at radius 1 is 1.21 bits per heavy atom. The highest BCUT2D eigenvalue weighted by molar-refractivity contribution is 5.84. The van der Waals surface area contributed by atoms with Gasteiger partial charge in [-0.1, -0.05) is 12.8 Å². The van der Waals surface area contributed by atoms with Gasteiger partial charge in [-0.15, -0.1) is 0 Å². The molecule has 0 aromatic rings. The second-order valence-electron chi connectivity index (χ2n) is 6.66. The van der Waals surface area contributed by atoms with Gasteiger partial charge >= 0.3 is 0 Å². The maximum absolute atomic E-state index is 12.0. The molecule has 0 aromatic carbocycles. The fourth-order valence-electron chi connectivity index (χ4n) is 3.87. The van der Waals surface area contributed by atoms with Crippen molar-refractivity contribution in [1.29, 1.82) is 0 Å². The minimum Gasteiger partial charge on any atom is -0.377 e. The molecule has 0 bridgehead atoms. The number of rotatable bonds is 5. The Balaban J connectivity index is 1.61. The maximum Gasteiger partial charge on any atom is 0.237 e. The lowest BCUT2D eigenvalue weighted by Gasteiger charge is -2.40. The zero-order valence-corrected chi connectivity index (χ0v) is 11.7. The van der Waals surface area contributed by atoms with Crippen LogP contribution in [0.5, 0.6) is 0 Å². The molecule has 3 aliphatic rings. The van der Waals surface area contributed by atoms with Gasteiger partial charge in [0.25, 0.3) is 0 Å². The van der Waals surface area contributed by atoms with Gasteiger partial charge in [-0.3, -0.25) is 4.79 Å². The van der Waals surface area contributed by atoms with E-state index in [0.29, 0.717) is 5.92 Å². The Labute approximate surface area is 115 Å². The molecule has 4 heteroatoms. The number of nitrogens with two attached hydrogens (primary N) is 1. The molecule has 3 atom stereocenters. The number of hydrogen-bond acceptors (Lipinski definition) is 3. The highest BCUT2D eigenvalue weighted by atomic mass is 16.5. The Morgan fingerprint density at radius 2 is 2.05 bits per heavy atom. The minimum atomic E-state index is -0.461. The molecule has 1 saturated heterocycles. The van der Waals surface area contributed by atoms with Crippen LogP contribution >= 0.6 is 0 Å². The highest BCUT2D eigenvalue weighted by Gasteiger charge is 2.45. The Kier molecular flexibility index (Phi) is 3.81. The third-order valence-corrected chi connectivity index (χ3v) is 5.24. The monoisotopic (exact) mass is 266 g/mol. The van der Waals surface area contributed by atoms with E-state index < -0.39 is 5.54 Å². The summed E-state index contributed by atoms with van der Waals surface area (Å²) in [5.41, 5.74) is 5.27. The Hall–Kier alpha value is -0.610. The molecule has 0 radical (unpaired) electrons. The molecule has 1 amide bonds. The van der Waals surface area contributed by atoms with Gasteiger partial charge in [-0.25, -0.2) is 0 Å². The van der Waals surface area contributed by atoms with Crippen LogP contribution in [0, 0.1) is 11.8 Å². The number of nitrogens with one attached hydrogen (secondary N) is 1. The van der Waals surface area contributed by atoms with E-state index >= 15 is 0 Å². The van der Waals surface area contributed by atoms with Crippen molar-refractivity contribution < 1.29 is 9.53 Å². The molecular formula is C15H26N2O2. The van der Waals surface area contributed by atoms with Crippen molar-refractivity contribution in [2.75, 3.05) is 13.2 Å². The fraction of sp³-hybridized carbons (Fsp3) is 0.933. The number of amides is 1. The summed E-state index contributed by atoms with van der Waals surface area (Å²) in [4.78, 5) is 12.0. The van der Waals surface area contributed by atoms with Crippen LogP contribution in [-0.4, -0.2) is 30.7 Å². The summed E-state index contributed by atoms with van der Waals surface area (Å²) in [6.07, 6.45) is 9.48. The van der Waals surface area contributed by atoms with Gasteiger partial charge in [0.2, 0.25) is 5.91 Å². The summed E-state index contributed by atoms with van der Waals surface area (Å²) in [5, 5.41) is 3.49. The predicted octanol–water partition coefficient (Wildman–Crippen LogP) is 1.58. The van der Waals surface area contributed by atoms with Gasteiger partial charge in [0.15, 0.2) is 0 Å². The molecule has 3 unspecified atom stereocenters. The van der Waals surface area contributed by atoms with Crippen molar-refractivity contribution in [2.24, 2.45) is 17.6 Å². The van der Waals surface area contributed by atoms with Crippen LogP contribution in [-0.2, 0) is 9.53 Å². The van der Waals surface area contributed by atoms with E-state index in [4.69, 9.17) is 10.5 Å². The van der Waals surface area contributed by atoms with Gasteiger partial charge in [-0.05, 0) is 50.4 Å². The van der Waals surface area contributed by atoms with Crippen molar-refractivity contribution in [1.82, 2.24) is 5.32 Å². The van der Waals surface area contributed by atoms with E-state index in [9.17, 15) is 4.79 Å². The van der Waals surface area contributed by atoms with E-state index in [2.05, 4.69) is 5.32 Å². The van der Waals surface area contributed by atoms with Crippen LogP contribution in [0.15, 0.2) is 0 Å². The summed E-state index contributed by atoms with van der Waals surface area (Å²) < 4.78 is 5.64. The average Bonchev–Trinajstić information content (AvgIpc) is 3.14. The standard InChI is InChI=1S/C15H26N2O2/c16-14(18)15(17-10-13-4-2-8-19-13)7-1-3-12(9-15)11-5-6-11/h11-13,17H,1-10H2,(H2,16,18). The van der Waals surface area contributed by atoms with E-state index in [0.717, 1.165) is 51.2 Å². The lowest BCUT2D eigenvalue weighted by atomic mass is 9.73. The summed E-state index contributed by atoms with van der Waals surface area (Å²) in [6.45, 7) is 1.64. The lowest BCUT2D eigenvalue weighted by Crippen LogP contribution is -2.59. The molecule has 1 aliphatic heterocycles. The molecule has 2 saturated carbocycles. The summed E-state index contributed by atoms with van der Waals surface area (Å²) >= 11 is 0. The average molecular weight is 266 g/mol. The van der Waals surface area contributed by atoms with Gasteiger partial charge in [-0.2, -0.15) is 0 Å². The maximum atomic E-state index is 12.0. The van der Waals surface area contributed by atoms with E-state index in [1.807, 2.05) is 0 Å².